The van der Waals surface area contributed by atoms with E-state index in [2.05, 4.69) is 5.32 Å². The molecule has 2 atom stereocenters. The van der Waals surface area contributed by atoms with E-state index in [0.717, 1.165) is 32.1 Å². The Morgan fingerprint density at radius 1 is 1.35 bits per heavy atom. The average Bonchev–Trinajstić information content (AvgIpc) is 2.25. The van der Waals surface area contributed by atoms with Crippen molar-refractivity contribution >= 4 is 11.9 Å². The van der Waals surface area contributed by atoms with E-state index in [0.29, 0.717) is 0 Å². The number of carboxylic acids is 1. The monoisotopic (exact) mass is 242 g/mol. The van der Waals surface area contributed by atoms with Crippen LogP contribution in [0.5, 0.6) is 0 Å². The molecule has 1 saturated carbocycles. The summed E-state index contributed by atoms with van der Waals surface area (Å²) in [4.78, 5) is 22.7. The second-order valence-electron chi connectivity index (χ2n) is 4.96. The van der Waals surface area contributed by atoms with Gasteiger partial charge in [0.05, 0.1) is 0 Å². The second kappa shape index (κ2) is 6.59. The maximum atomic E-state index is 11.6. The zero-order chi connectivity index (χ0) is 12.8. The summed E-state index contributed by atoms with van der Waals surface area (Å²) in [5, 5.41) is 11.8. The predicted molar refractivity (Wildman–Crippen MR) is 64.4 cm³/mol. The Balaban J connectivity index is 2.53. The molecule has 0 radical (unpaired) electrons. The molecule has 98 valence electrons. The largest absolute Gasteiger partial charge is 0.480 e. The van der Waals surface area contributed by atoms with Crippen LogP contribution in [0.4, 0.5) is 0 Å². The van der Waals surface area contributed by atoms with Crippen LogP contribution in [-0.2, 0) is 9.59 Å². The Hall–Kier alpha value is -1.10. The first-order valence-corrected chi connectivity index (χ1v) is 6.28. The third-order valence-corrected chi connectivity index (χ3v) is 3.21. The summed E-state index contributed by atoms with van der Waals surface area (Å²) in [6, 6.07) is -0.989. The Morgan fingerprint density at radius 2 is 1.94 bits per heavy atom. The van der Waals surface area contributed by atoms with E-state index in [1.165, 1.54) is 0 Å². The standard InChI is InChI=1S/C12H22N2O3/c1-8(13)7-10(15)14-11(12(16)17)9-5-3-2-4-6-9/h8-9,11H,2-7,13H2,1H3,(H,14,15)(H,16,17). The summed E-state index contributed by atoms with van der Waals surface area (Å²) in [5.41, 5.74) is 5.52. The Morgan fingerprint density at radius 3 is 2.41 bits per heavy atom. The smallest absolute Gasteiger partial charge is 0.326 e. The fourth-order valence-electron chi connectivity index (χ4n) is 2.37. The molecular formula is C12H22N2O3. The van der Waals surface area contributed by atoms with E-state index in [1.54, 1.807) is 6.92 Å². The van der Waals surface area contributed by atoms with Crippen molar-refractivity contribution in [2.24, 2.45) is 11.7 Å². The molecule has 0 spiro atoms. The van der Waals surface area contributed by atoms with Crippen molar-refractivity contribution in [3.05, 3.63) is 0 Å². The second-order valence-corrected chi connectivity index (χ2v) is 4.96. The van der Waals surface area contributed by atoms with E-state index in [4.69, 9.17) is 10.8 Å². The van der Waals surface area contributed by atoms with Gasteiger partial charge in [-0.05, 0) is 25.7 Å². The summed E-state index contributed by atoms with van der Waals surface area (Å²) in [6.07, 6.45) is 5.22. The number of aliphatic carboxylic acids is 1. The molecule has 1 aliphatic carbocycles. The maximum Gasteiger partial charge on any atom is 0.326 e. The summed E-state index contributed by atoms with van der Waals surface area (Å²) < 4.78 is 0. The molecular weight excluding hydrogens is 220 g/mol. The number of hydrogen-bond acceptors (Lipinski definition) is 3. The average molecular weight is 242 g/mol. The number of hydrogen-bond donors (Lipinski definition) is 3. The fourth-order valence-corrected chi connectivity index (χ4v) is 2.37. The summed E-state index contributed by atoms with van der Waals surface area (Å²) in [6.45, 7) is 1.73. The van der Waals surface area contributed by atoms with Crippen molar-refractivity contribution in [1.82, 2.24) is 5.32 Å². The molecule has 2 unspecified atom stereocenters. The first-order valence-electron chi connectivity index (χ1n) is 6.28. The minimum atomic E-state index is -0.935. The molecule has 0 aromatic carbocycles. The van der Waals surface area contributed by atoms with E-state index in [-0.39, 0.29) is 24.3 Å². The first kappa shape index (κ1) is 14.0. The molecule has 0 aliphatic heterocycles. The molecule has 0 heterocycles. The van der Waals surface area contributed by atoms with Crippen molar-refractivity contribution in [2.45, 2.75) is 57.5 Å². The van der Waals surface area contributed by atoms with Crippen molar-refractivity contribution in [3.8, 4) is 0 Å². The van der Waals surface area contributed by atoms with Gasteiger partial charge in [0.1, 0.15) is 6.04 Å². The number of carbonyl (C=O) groups is 2. The number of carbonyl (C=O) groups excluding carboxylic acids is 1. The zero-order valence-corrected chi connectivity index (χ0v) is 10.3. The minimum absolute atomic E-state index is 0.0679. The molecule has 4 N–H and O–H groups in total. The molecule has 0 bridgehead atoms. The number of nitrogens with two attached hydrogens (primary N) is 1. The molecule has 0 saturated heterocycles. The van der Waals surface area contributed by atoms with Crippen LogP contribution in [0.2, 0.25) is 0 Å². The molecule has 1 amide bonds. The van der Waals surface area contributed by atoms with Gasteiger partial charge in [0.25, 0.3) is 0 Å². The van der Waals surface area contributed by atoms with Gasteiger partial charge in [0, 0.05) is 12.5 Å². The minimum Gasteiger partial charge on any atom is -0.480 e. The predicted octanol–water partition coefficient (Wildman–Crippen LogP) is 0.873. The van der Waals surface area contributed by atoms with Gasteiger partial charge >= 0.3 is 5.97 Å². The Bertz CT molecular complexity index is 273. The summed E-state index contributed by atoms with van der Waals surface area (Å²) >= 11 is 0. The summed E-state index contributed by atoms with van der Waals surface area (Å²) in [7, 11) is 0. The zero-order valence-electron chi connectivity index (χ0n) is 10.3. The third-order valence-electron chi connectivity index (χ3n) is 3.21. The van der Waals surface area contributed by atoms with Gasteiger partial charge in [0.2, 0.25) is 5.91 Å². The highest BCUT2D eigenvalue weighted by Gasteiger charge is 2.30. The van der Waals surface area contributed by atoms with Crippen LogP contribution < -0.4 is 11.1 Å². The quantitative estimate of drug-likeness (QED) is 0.667. The highest BCUT2D eigenvalue weighted by molar-refractivity contribution is 5.84. The van der Waals surface area contributed by atoms with Crippen molar-refractivity contribution in [1.29, 1.82) is 0 Å². The number of carboxylic acid groups (broad SMARTS) is 1. The topological polar surface area (TPSA) is 92.4 Å². The van der Waals surface area contributed by atoms with Crippen LogP contribution in [0.25, 0.3) is 0 Å². The highest BCUT2D eigenvalue weighted by atomic mass is 16.4. The van der Waals surface area contributed by atoms with Gasteiger partial charge in [-0.15, -0.1) is 0 Å². The third kappa shape index (κ3) is 4.73. The van der Waals surface area contributed by atoms with Crippen molar-refractivity contribution < 1.29 is 14.7 Å². The first-order chi connectivity index (χ1) is 8.00. The fraction of sp³-hybridized carbons (Fsp3) is 0.833. The van der Waals surface area contributed by atoms with Crippen LogP contribution in [0.15, 0.2) is 0 Å². The Labute approximate surface area is 102 Å². The highest BCUT2D eigenvalue weighted by Crippen LogP contribution is 2.26. The Kier molecular flexibility index (Phi) is 5.41. The summed E-state index contributed by atoms with van der Waals surface area (Å²) in [5.74, 6) is -1.13. The molecule has 5 heteroatoms. The molecule has 1 aliphatic rings. The van der Waals surface area contributed by atoms with Gasteiger partial charge in [0.15, 0.2) is 0 Å². The number of amides is 1. The lowest BCUT2D eigenvalue weighted by Gasteiger charge is -2.28. The van der Waals surface area contributed by atoms with Gasteiger partial charge in [-0.25, -0.2) is 4.79 Å². The molecule has 1 fully saturated rings. The molecule has 0 aromatic rings. The van der Waals surface area contributed by atoms with E-state index >= 15 is 0 Å². The normalized spacial score (nSPS) is 20.6. The van der Waals surface area contributed by atoms with Gasteiger partial charge < -0.3 is 16.2 Å². The lowest BCUT2D eigenvalue weighted by molar-refractivity contribution is -0.143. The lowest BCUT2D eigenvalue weighted by Crippen LogP contribution is -2.47. The van der Waals surface area contributed by atoms with Crippen LogP contribution in [0.3, 0.4) is 0 Å². The van der Waals surface area contributed by atoms with E-state index in [1.807, 2.05) is 0 Å². The van der Waals surface area contributed by atoms with Gasteiger partial charge in [-0.1, -0.05) is 19.3 Å². The van der Waals surface area contributed by atoms with Crippen molar-refractivity contribution in [3.63, 3.8) is 0 Å². The van der Waals surface area contributed by atoms with Crippen LogP contribution in [0, 0.1) is 5.92 Å². The molecule has 17 heavy (non-hydrogen) atoms. The van der Waals surface area contributed by atoms with E-state index in [9.17, 15) is 9.59 Å². The van der Waals surface area contributed by atoms with Gasteiger partial charge in [-0.2, -0.15) is 0 Å². The number of rotatable bonds is 5. The molecule has 0 aromatic heterocycles. The van der Waals surface area contributed by atoms with Crippen LogP contribution >= 0.6 is 0 Å². The van der Waals surface area contributed by atoms with Gasteiger partial charge in [-0.3, -0.25) is 4.79 Å². The van der Waals surface area contributed by atoms with Crippen LogP contribution in [-0.4, -0.2) is 29.1 Å². The lowest BCUT2D eigenvalue weighted by atomic mass is 9.84. The molecule has 5 nitrogen and oxygen atoms in total. The van der Waals surface area contributed by atoms with Crippen LogP contribution in [0.1, 0.15) is 45.4 Å². The molecule has 1 rings (SSSR count). The number of nitrogens with one attached hydrogen (secondary N) is 1. The maximum absolute atomic E-state index is 11.6. The van der Waals surface area contributed by atoms with E-state index < -0.39 is 12.0 Å². The van der Waals surface area contributed by atoms with Crippen molar-refractivity contribution in [2.75, 3.05) is 0 Å². The SMILES string of the molecule is CC(N)CC(=O)NC(C(=O)O)C1CCCCC1.